The molecule has 2 N–H and O–H groups in total. The molecule has 0 atom stereocenters. The lowest BCUT2D eigenvalue weighted by molar-refractivity contribution is 0.0686. The number of benzene rings is 1. The summed E-state index contributed by atoms with van der Waals surface area (Å²) in [4.78, 5) is 15.0. The van der Waals surface area contributed by atoms with Crippen molar-refractivity contribution < 1.29 is 13.2 Å². The summed E-state index contributed by atoms with van der Waals surface area (Å²) in [6.45, 7) is 9.68. The number of rotatable bonds is 6. The third-order valence-corrected chi connectivity index (χ3v) is 6.65. The van der Waals surface area contributed by atoms with Crippen molar-refractivity contribution in [1.29, 1.82) is 0 Å². The van der Waals surface area contributed by atoms with Gasteiger partial charge in [-0.2, -0.15) is 0 Å². The van der Waals surface area contributed by atoms with Gasteiger partial charge in [-0.15, -0.1) is 0 Å². The molecule has 0 bridgehead atoms. The van der Waals surface area contributed by atoms with Crippen molar-refractivity contribution >= 4 is 15.9 Å². The van der Waals surface area contributed by atoms with Crippen LogP contribution in [0.15, 0.2) is 23.1 Å². The number of carbonyl (C=O) groups is 1. The summed E-state index contributed by atoms with van der Waals surface area (Å²) in [5.41, 5.74) is 0.691. The molecule has 2 rings (SSSR count). The largest absolute Gasteiger partial charge is 0.339 e. The van der Waals surface area contributed by atoms with Gasteiger partial charge in [-0.05, 0) is 84.2 Å². The number of piperidine rings is 1. The summed E-state index contributed by atoms with van der Waals surface area (Å²) in [6, 6.07) is 4.78. The molecule has 27 heavy (non-hydrogen) atoms. The minimum Gasteiger partial charge on any atom is -0.339 e. The highest BCUT2D eigenvalue weighted by Crippen LogP contribution is 2.24. The lowest BCUT2D eigenvalue weighted by Gasteiger charge is -2.32. The quantitative estimate of drug-likeness (QED) is 0.776. The molecule has 1 fully saturated rings. The number of hydrogen-bond acceptors (Lipinski definition) is 4. The monoisotopic (exact) mass is 395 g/mol. The Morgan fingerprint density at radius 2 is 1.85 bits per heavy atom. The zero-order valence-electron chi connectivity index (χ0n) is 17.1. The first kappa shape index (κ1) is 21.9. The summed E-state index contributed by atoms with van der Waals surface area (Å²) in [5, 5.41) is 3.18. The second kappa shape index (κ2) is 8.71. The van der Waals surface area contributed by atoms with E-state index < -0.39 is 15.6 Å². The minimum absolute atomic E-state index is 0.0765. The molecule has 0 aliphatic carbocycles. The number of sulfonamides is 1. The van der Waals surface area contributed by atoms with Crippen molar-refractivity contribution in [3.05, 3.63) is 29.3 Å². The standard InChI is InChI=1S/C20H33N3O3S/c1-15-6-7-17(27(25,26)22-20(2,3)4)14-18(15)19(24)23-12-9-16(10-13-23)8-11-21-5/h6-7,14,16,21-22H,8-13H2,1-5H3. The molecule has 1 aliphatic heterocycles. The summed E-state index contributed by atoms with van der Waals surface area (Å²) < 4.78 is 27.9. The van der Waals surface area contributed by atoms with Crippen LogP contribution in [0.25, 0.3) is 0 Å². The summed E-state index contributed by atoms with van der Waals surface area (Å²) in [5.74, 6) is 0.567. The molecule has 1 heterocycles. The van der Waals surface area contributed by atoms with Gasteiger partial charge in [-0.3, -0.25) is 4.79 Å². The zero-order valence-corrected chi connectivity index (χ0v) is 17.9. The number of likely N-dealkylation sites (tertiary alicyclic amines) is 1. The Morgan fingerprint density at radius 1 is 1.22 bits per heavy atom. The van der Waals surface area contributed by atoms with Crippen molar-refractivity contribution in [3.63, 3.8) is 0 Å². The van der Waals surface area contributed by atoms with Crippen LogP contribution < -0.4 is 10.0 Å². The Bertz CT molecular complexity index is 761. The lowest BCUT2D eigenvalue weighted by atomic mass is 9.93. The summed E-state index contributed by atoms with van der Waals surface area (Å²) in [7, 11) is -1.71. The van der Waals surface area contributed by atoms with Gasteiger partial charge in [0, 0.05) is 24.2 Å². The van der Waals surface area contributed by atoms with E-state index in [0.29, 0.717) is 11.5 Å². The van der Waals surface area contributed by atoms with Crippen molar-refractivity contribution in [3.8, 4) is 0 Å². The Kier molecular flexibility index (Phi) is 7.05. The molecule has 152 valence electrons. The van der Waals surface area contributed by atoms with E-state index in [2.05, 4.69) is 10.0 Å². The summed E-state index contributed by atoms with van der Waals surface area (Å²) >= 11 is 0. The van der Waals surface area contributed by atoms with Gasteiger partial charge in [0.25, 0.3) is 5.91 Å². The molecular formula is C20H33N3O3S. The van der Waals surface area contributed by atoms with Crippen molar-refractivity contribution in [2.24, 2.45) is 5.92 Å². The number of nitrogens with zero attached hydrogens (tertiary/aromatic N) is 1. The van der Waals surface area contributed by atoms with E-state index in [4.69, 9.17) is 0 Å². The smallest absolute Gasteiger partial charge is 0.254 e. The SMILES string of the molecule is CNCCC1CCN(C(=O)c2cc(S(=O)(=O)NC(C)(C)C)ccc2C)CC1. The molecule has 1 aliphatic rings. The van der Waals surface area contributed by atoms with Gasteiger partial charge in [0.1, 0.15) is 0 Å². The van der Waals surface area contributed by atoms with Crippen LogP contribution in [-0.4, -0.2) is 51.4 Å². The first-order valence-corrected chi connectivity index (χ1v) is 11.1. The van der Waals surface area contributed by atoms with Crippen LogP contribution >= 0.6 is 0 Å². The number of amides is 1. The topological polar surface area (TPSA) is 78.5 Å². The Balaban J connectivity index is 2.15. The van der Waals surface area contributed by atoms with Gasteiger partial charge >= 0.3 is 0 Å². The highest BCUT2D eigenvalue weighted by atomic mass is 32.2. The third kappa shape index (κ3) is 6.02. The van der Waals surface area contributed by atoms with Gasteiger partial charge in [0.15, 0.2) is 0 Å². The number of hydrogen-bond donors (Lipinski definition) is 2. The number of aryl methyl sites for hydroxylation is 1. The highest BCUT2D eigenvalue weighted by Gasteiger charge is 2.27. The number of nitrogens with one attached hydrogen (secondary N) is 2. The van der Waals surface area contributed by atoms with Gasteiger partial charge in [-0.25, -0.2) is 13.1 Å². The molecule has 0 spiro atoms. The molecule has 0 unspecified atom stereocenters. The van der Waals surface area contributed by atoms with Crippen molar-refractivity contribution in [1.82, 2.24) is 14.9 Å². The van der Waals surface area contributed by atoms with Gasteiger partial charge < -0.3 is 10.2 Å². The Hall–Kier alpha value is -1.44. The maximum absolute atomic E-state index is 13.0. The maximum atomic E-state index is 13.0. The van der Waals surface area contributed by atoms with E-state index in [0.717, 1.165) is 44.5 Å². The van der Waals surface area contributed by atoms with E-state index in [9.17, 15) is 13.2 Å². The van der Waals surface area contributed by atoms with E-state index in [-0.39, 0.29) is 10.8 Å². The van der Waals surface area contributed by atoms with Gasteiger partial charge in [-0.1, -0.05) is 6.07 Å². The normalized spacial score (nSPS) is 16.6. The van der Waals surface area contributed by atoms with E-state index in [1.807, 2.05) is 18.9 Å². The first-order chi connectivity index (χ1) is 12.5. The molecule has 1 amide bonds. The fourth-order valence-electron chi connectivity index (χ4n) is 3.40. The molecule has 7 heteroatoms. The second-order valence-electron chi connectivity index (χ2n) is 8.46. The third-order valence-electron chi connectivity index (χ3n) is 4.89. The Labute approximate surface area is 163 Å². The second-order valence-corrected chi connectivity index (χ2v) is 10.1. The molecule has 1 aromatic rings. The van der Waals surface area contributed by atoms with Crippen molar-refractivity contribution in [2.75, 3.05) is 26.7 Å². The van der Waals surface area contributed by atoms with E-state index in [1.54, 1.807) is 32.9 Å². The van der Waals surface area contributed by atoms with Crippen LogP contribution in [0.5, 0.6) is 0 Å². The Morgan fingerprint density at radius 3 is 2.41 bits per heavy atom. The van der Waals surface area contributed by atoms with Crippen LogP contribution in [0.4, 0.5) is 0 Å². The summed E-state index contributed by atoms with van der Waals surface area (Å²) in [6.07, 6.45) is 3.12. The molecule has 0 radical (unpaired) electrons. The lowest BCUT2D eigenvalue weighted by Crippen LogP contribution is -2.41. The molecule has 0 aromatic heterocycles. The van der Waals surface area contributed by atoms with Gasteiger partial charge in [0.2, 0.25) is 10.0 Å². The predicted octanol–water partition coefficient (Wildman–Crippen LogP) is 2.53. The van der Waals surface area contributed by atoms with Gasteiger partial charge in [0.05, 0.1) is 4.90 Å². The molecule has 1 saturated heterocycles. The molecular weight excluding hydrogens is 362 g/mol. The highest BCUT2D eigenvalue weighted by molar-refractivity contribution is 7.89. The van der Waals surface area contributed by atoms with Crippen LogP contribution in [0, 0.1) is 12.8 Å². The average molecular weight is 396 g/mol. The maximum Gasteiger partial charge on any atom is 0.254 e. The van der Waals surface area contributed by atoms with Crippen LogP contribution in [0.1, 0.15) is 56.0 Å². The van der Waals surface area contributed by atoms with Crippen molar-refractivity contribution in [2.45, 2.75) is 57.4 Å². The first-order valence-electron chi connectivity index (χ1n) is 9.62. The van der Waals surface area contributed by atoms with Crippen LogP contribution in [0.2, 0.25) is 0 Å². The zero-order chi connectivity index (χ0) is 20.2. The molecule has 0 saturated carbocycles. The van der Waals surface area contributed by atoms with E-state index in [1.165, 1.54) is 6.07 Å². The van der Waals surface area contributed by atoms with Crippen LogP contribution in [-0.2, 0) is 10.0 Å². The fourth-order valence-corrected chi connectivity index (χ4v) is 4.85. The number of carbonyl (C=O) groups excluding carboxylic acids is 1. The van der Waals surface area contributed by atoms with Crippen LogP contribution in [0.3, 0.4) is 0 Å². The van der Waals surface area contributed by atoms with E-state index >= 15 is 0 Å². The average Bonchev–Trinajstić information content (AvgIpc) is 2.58. The predicted molar refractivity (Wildman–Crippen MR) is 108 cm³/mol. The minimum atomic E-state index is -3.67. The fraction of sp³-hybridized carbons (Fsp3) is 0.650. The molecule has 6 nitrogen and oxygen atoms in total. The molecule has 1 aromatic carbocycles.